The maximum absolute atomic E-state index is 13.5. The van der Waals surface area contributed by atoms with Crippen molar-refractivity contribution in [1.29, 1.82) is 0 Å². The summed E-state index contributed by atoms with van der Waals surface area (Å²) in [5.41, 5.74) is -1.58. The number of carboxylic acids is 1. The summed E-state index contributed by atoms with van der Waals surface area (Å²) in [5, 5.41) is 23.8. The first-order chi connectivity index (χ1) is 21.7. The largest absolute Gasteiger partial charge is 0.481 e. The van der Waals surface area contributed by atoms with Gasteiger partial charge in [-0.3, -0.25) is 4.79 Å². The number of hydrogen-bond acceptors (Lipinski definition) is 7. The lowest BCUT2D eigenvalue weighted by Crippen LogP contribution is -2.54. The molecule has 8 nitrogen and oxygen atoms in total. The Morgan fingerprint density at radius 3 is 2.20 bits per heavy atom. The third-order valence-electron chi connectivity index (χ3n) is 7.58. The molecule has 1 aromatic rings. The second-order valence-electron chi connectivity index (χ2n) is 11.3. The van der Waals surface area contributed by atoms with Crippen molar-refractivity contribution in [2.24, 2.45) is 5.92 Å². The molecule has 0 saturated heterocycles. The van der Waals surface area contributed by atoms with Crippen LogP contribution in [0.2, 0.25) is 0 Å². The number of thioether (sulfide) groups is 1. The molecule has 0 fully saturated rings. The third-order valence-corrected chi connectivity index (χ3v) is 8.74. The zero-order valence-corrected chi connectivity index (χ0v) is 28.6. The summed E-state index contributed by atoms with van der Waals surface area (Å²) in [6, 6.07) is 5.95. The highest BCUT2D eigenvalue weighted by Crippen LogP contribution is 2.27. The summed E-state index contributed by atoms with van der Waals surface area (Å²) in [6.07, 6.45) is 15.0. The number of hydrogen-bond donors (Lipinski definition) is 3. The number of unbranched alkanes of at least 4 members (excludes halogenated alkanes) is 8. The predicted molar refractivity (Wildman–Crippen MR) is 182 cm³/mol. The lowest BCUT2D eigenvalue weighted by atomic mass is 9.82. The molecule has 0 aromatic heterocycles. The van der Waals surface area contributed by atoms with Gasteiger partial charge in [0, 0.05) is 6.42 Å². The quantitative estimate of drug-likeness (QED) is 0.0463. The van der Waals surface area contributed by atoms with Crippen LogP contribution in [-0.4, -0.2) is 64.9 Å². The van der Waals surface area contributed by atoms with E-state index in [2.05, 4.69) is 24.1 Å². The summed E-state index contributed by atoms with van der Waals surface area (Å²) in [6.45, 7) is 5.97. The van der Waals surface area contributed by atoms with Gasteiger partial charge in [0.15, 0.2) is 5.60 Å². The topological polar surface area (TPSA) is 122 Å². The van der Waals surface area contributed by atoms with Crippen LogP contribution >= 0.6 is 11.8 Å². The van der Waals surface area contributed by atoms with Crippen LogP contribution in [0.5, 0.6) is 5.75 Å². The number of benzene rings is 1. The monoisotopic (exact) mass is 645 g/mol. The molecule has 0 aliphatic heterocycles. The molecule has 0 spiro atoms. The van der Waals surface area contributed by atoms with Gasteiger partial charge in [0.1, 0.15) is 18.4 Å². The SMILES string of the molecule is CC#CCOc1ccc(C[C@H](NC(=O)[C@@H](/C=C/CCCCCCSCCCCCCC)[C@@](O)(CCC)C(=O)O)C(=O)OC)cc1. The first-order valence-electron chi connectivity index (χ1n) is 16.4. The number of carboxylic acid groups (broad SMARTS) is 1. The van der Waals surface area contributed by atoms with Crippen molar-refractivity contribution < 1.29 is 34.1 Å². The summed E-state index contributed by atoms with van der Waals surface area (Å²) in [7, 11) is 1.22. The van der Waals surface area contributed by atoms with Crippen LogP contribution in [0.3, 0.4) is 0 Å². The second-order valence-corrected chi connectivity index (χ2v) is 12.5. The molecule has 0 radical (unpaired) electrons. The highest BCUT2D eigenvalue weighted by Gasteiger charge is 2.46. The van der Waals surface area contributed by atoms with Gasteiger partial charge in [-0.1, -0.05) is 89.0 Å². The lowest BCUT2D eigenvalue weighted by Gasteiger charge is -2.30. The van der Waals surface area contributed by atoms with Crippen molar-refractivity contribution in [3.8, 4) is 17.6 Å². The molecule has 3 atom stereocenters. The Bertz CT molecular complexity index is 1080. The molecular weight excluding hydrogens is 590 g/mol. The predicted octanol–water partition coefficient (Wildman–Crippen LogP) is 6.73. The number of aliphatic hydroxyl groups is 1. The van der Waals surface area contributed by atoms with Gasteiger partial charge in [0.05, 0.1) is 13.0 Å². The van der Waals surface area contributed by atoms with Crippen molar-refractivity contribution in [3.05, 3.63) is 42.0 Å². The number of allylic oxidation sites excluding steroid dienone is 1. The smallest absolute Gasteiger partial charge is 0.336 e. The molecule has 252 valence electrons. The van der Waals surface area contributed by atoms with Crippen LogP contribution < -0.4 is 10.1 Å². The lowest BCUT2D eigenvalue weighted by molar-refractivity contribution is -0.167. The Morgan fingerprint density at radius 1 is 0.978 bits per heavy atom. The van der Waals surface area contributed by atoms with Gasteiger partial charge in [-0.25, -0.2) is 9.59 Å². The number of aliphatic carboxylic acids is 1. The zero-order chi connectivity index (χ0) is 33.3. The highest BCUT2D eigenvalue weighted by molar-refractivity contribution is 7.99. The summed E-state index contributed by atoms with van der Waals surface area (Å²) in [5.74, 6) is 4.31. The molecule has 0 aliphatic carbocycles. The number of rotatable bonds is 25. The minimum atomic E-state index is -2.32. The van der Waals surface area contributed by atoms with E-state index in [0.717, 1.165) is 24.8 Å². The second kappa shape index (κ2) is 24.3. The molecule has 3 N–H and O–H groups in total. The van der Waals surface area contributed by atoms with Gasteiger partial charge in [-0.2, -0.15) is 11.8 Å². The number of esters is 1. The number of ether oxygens (including phenoxy) is 2. The summed E-state index contributed by atoms with van der Waals surface area (Å²) < 4.78 is 10.5. The van der Waals surface area contributed by atoms with Gasteiger partial charge in [-0.15, -0.1) is 5.92 Å². The number of carbonyl (C=O) groups is 3. The summed E-state index contributed by atoms with van der Waals surface area (Å²) in [4.78, 5) is 38.4. The third kappa shape index (κ3) is 16.3. The molecule has 0 unspecified atom stereocenters. The Kier molecular flexibility index (Phi) is 21.6. The van der Waals surface area contributed by atoms with E-state index in [0.29, 0.717) is 18.6 Å². The van der Waals surface area contributed by atoms with Crippen molar-refractivity contribution in [2.45, 2.75) is 116 Å². The first kappa shape index (κ1) is 40.1. The van der Waals surface area contributed by atoms with Crippen LogP contribution in [0, 0.1) is 17.8 Å². The van der Waals surface area contributed by atoms with Gasteiger partial charge in [0.2, 0.25) is 5.91 Å². The van der Waals surface area contributed by atoms with Crippen LogP contribution in [0.1, 0.15) is 103 Å². The number of methoxy groups -OCH3 is 1. The minimum absolute atomic E-state index is 0.111. The maximum Gasteiger partial charge on any atom is 0.336 e. The van der Waals surface area contributed by atoms with Crippen molar-refractivity contribution >= 4 is 29.6 Å². The molecule has 45 heavy (non-hydrogen) atoms. The van der Waals surface area contributed by atoms with Gasteiger partial charge in [-0.05, 0) is 68.2 Å². The standard InChI is InChI=1S/C36H55NO7S/c1-5-8-10-14-17-26-45-27-18-15-12-11-13-16-19-31(36(42,24-7-3)35(40)41)33(38)37-32(34(39)43-4)28-29-20-22-30(23-21-29)44-25-9-6-2/h16,19-23,31-32,42H,5,7-8,10-15,17-18,24-28H2,1-4H3,(H,37,38)(H,40,41)/b19-16+/t31-,32+,36+/m1/s1. The fourth-order valence-corrected chi connectivity index (χ4v) is 5.97. The Morgan fingerprint density at radius 2 is 1.62 bits per heavy atom. The van der Waals surface area contributed by atoms with Crippen LogP contribution in [0.4, 0.5) is 0 Å². The number of nitrogens with one attached hydrogen (secondary N) is 1. The van der Waals surface area contributed by atoms with E-state index in [1.54, 1.807) is 44.2 Å². The number of carbonyl (C=O) groups excluding carboxylic acids is 2. The van der Waals surface area contributed by atoms with E-state index in [1.165, 1.54) is 63.2 Å². The average Bonchev–Trinajstić information content (AvgIpc) is 3.03. The minimum Gasteiger partial charge on any atom is -0.481 e. The normalized spacial score (nSPS) is 13.7. The van der Waals surface area contributed by atoms with Gasteiger partial charge < -0.3 is 25.0 Å². The number of amides is 1. The van der Waals surface area contributed by atoms with Crippen molar-refractivity contribution in [3.63, 3.8) is 0 Å². The fraction of sp³-hybridized carbons (Fsp3) is 0.639. The van der Waals surface area contributed by atoms with Crippen LogP contribution in [0.15, 0.2) is 36.4 Å². The Labute approximate surface area is 275 Å². The Hall–Kier alpha value is -2.96. The molecule has 0 saturated carbocycles. The molecule has 1 rings (SSSR count). The molecule has 0 aliphatic rings. The molecule has 1 amide bonds. The van der Waals surface area contributed by atoms with Crippen LogP contribution in [0.25, 0.3) is 0 Å². The van der Waals surface area contributed by atoms with E-state index in [4.69, 9.17) is 9.47 Å². The van der Waals surface area contributed by atoms with Crippen molar-refractivity contribution in [2.75, 3.05) is 25.2 Å². The Balaban J connectivity index is 2.79. The van der Waals surface area contributed by atoms with Crippen LogP contribution in [-0.2, 0) is 25.5 Å². The van der Waals surface area contributed by atoms with Gasteiger partial charge in [0.25, 0.3) is 0 Å². The molecule has 1 aromatic carbocycles. The molecule has 9 heteroatoms. The zero-order valence-electron chi connectivity index (χ0n) is 27.8. The van der Waals surface area contributed by atoms with Crippen molar-refractivity contribution in [1.82, 2.24) is 5.32 Å². The first-order valence-corrected chi connectivity index (χ1v) is 17.6. The van der Waals surface area contributed by atoms with E-state index in [1.807, 2.05) is 11.8 Å². The van der Waals surface area contributed by atoms with Gasteiger partial charge >= 0.3 is 11.9 Å². The van der Waals surface area contributed by atoms with E-state index in [-0.39, 0.29) is 19.4 Å². The maximum atomic E-state index is 13.5. The summed E-state index contributed by atoms with van der Waals surface area (Å²) >= 11 is 2.02. The fourth-order valence-electron chi connectivity index (χ4n) is 4.95. The molecule has 0 heterocycles. The van der Waals surface area contributed by atoms with E-state index in [9.17, 15) is 24.6 Å². The van der Waals surface area contributed by atoms with E-state index < -0.39 is 35.4 Å². The molecule has 0 bridgehead atoms. The van der Waals surface area contributed by atoms with E-state index >= 15 is 0 Å². The average molecular weight is 646 g/mol. The molecular formula is C36H55NO7S. The highest BCUT2D eigenvalue weighted by atomic mass is 32.2.